The van der Waals surface area contributed by atoms with Gasteiger partial charge in [-0.05, 0) is 58.0 Å². The highest BCUT2D eigenvalue weighted by Crippen LogP contribution is 2.27. The van der Waals surface area contributed by atoms with Crippen molar-refractivity contribution in [3.63, 3.8) is 0 Å². The molecule has 1 aliphatic carbocycles. The van der Waals surface area contributed by atoms with E-state index >= 15 is 0 Å². The van der Waals surface area contributed by atoms with Gasteiger partial charge in [0, 0.05) is 26.2 Å². The number of piperidine rings is 1. The van der Waals surface area contributed by atoms with Gasteiger partial charge < -0.3 is 15.5 Å². The van der Waals surface area contributed by atoms with E-state index in [9.17, 15) is 0 Å². The molecule has 0 radical (unpaired) electrons. The summed E-state index contributed by atoms with van der Waals surface area (Å²) < 4.78 is 0. The number of rotatable bonds is 5. The third-order valence-corrected chi connectivity index (χ3v) is 3.83. The van der Waals surface area contributed by atoms with E-state index in [2.05, 4.69) is 29.5 Å². The zero-order valence-electron chi connectivity index (χ0n) is 11.9. The van der Waals surface area contributed by atoms with Crippen molar-refractivity contribution in [3.8, 4) is 0 Å². The fourth-order valence-corrected chi connectivity index (χ4v) is 2.55. The number of nitrogens with zero attached hydrogens (tertiary/aromatic N) is 2. The van der Waals surface area contributed by atoms with Crippen molar-refractivity contribution in [2.75, 3.05) is 39.8 Å². The van der Waals surface area contributed by atoms with Crippen LogP contribution in [0.15, 0.2) is 4.99 Å². The van der Waals surface area contributed by atoms with Gasteiger partial charge in [-0.1, -0.05) is 0 Å². The molecule has 2 rings (SSSR count). The van der Waals surface area contributed by atoms with Gasteiger partial charge in [0.2, 0.25) is 0 Å². The van der Waals surface area contributed by atoms with E-state index in [1.54, 1.807) is 0 Å². The highest BCUT2D eigenvalue weighted by atomic mass is 15.2. The summed E-state index contributed by atoms with van der Waals surface area (Å²) in [7, 11) is 2.21. The quantitative estimate of drug-likeness (QED) is 0.572. The summed E-state index contributed by atoms with van der Waals surface area (Å²) in [6, 6.07) is 0. The summed E-state index contributed by atoms with van der Waals surface area (Å²) in [4.78, 5) is 7.16. The fourth-order valence-electron chi connectivity index (χ4n) is 2.55. The van der Waals surface area contributed by atoms with E-state index in [1.165, 1.54) is 38.8 Å². The maximum Gasteiger partial charge on any atom is 0.191 e. The van der Waals surface area contributed by atoms with Gasteiger partial charge in [0.05, 0.1) is 0 Å². The lowest BCUT2D eigenvalue weighted by Crippen LogP contribution is -2.39. The van der Waals surface area contributed by atoms with E-state index in [0.29, 0.717) is 0 Å². The molecule has 1 saturated carbocycles. The molecule has 1 atom stereocenters. The van der Waals surface area contributed by atoms with Crippen molar-refractivity contribution < 1.29 is 0 Å². The molecule has 18 heavy (non-hydrogen) atoms. The van der Waals surface area contributed by atoms with Crippen LogP contribution in [0, 0.1) is 11.8 Å². The van der Waals surface area contributed by atoms with Gasteiger partial charge in [0.1, 0.15) is 0 Å². The number of aliphatic imine (C=N–C) groups is 1. The number of likely N-dealkylation sites (tertiary alicyclic amines) is 1. The van der Waals surface area contributed by atoms with E-state index in [-0.39, 0.29) is 0 Å². The average molecular weight is 252 g/mol. The summed E-state index contributed by atoms with van der Waals surface area (Å²) in [5.74, 6) is 2.65. The number of guanidine groups is 1. The minimum Gasteiger partial charge on any atom is -0.357 e. The number of nitrogens with one attached hydrogen (secondary N) is 2. The topological polar surface area (TPSA) is 39.7 Å². The number of hydrogen-bond acceptors (Lipinski definition) is 2. The summed E-state index contributed by atoms with van der Waals surface area (Å²) in [5.41, 5.74) is 0. The van der Waals surface area contributed by atoms with Crippen LogP contribution in [0.4, 0.5) is 0 Å². The first-order valence-electron chi connectivity index (χ1n) is 7.48. The third-order valence-electron chi connectivity index (χ3n) is 3.83. The average Bonchev–Trinajstić information content (AvgIpc) is 3.17. The monoisotopic (exact) mass is 252 g/mol. The molecule has 0 aromatic heterocycles. The molecule has 2 fully saturated rings. The Labute approximate surface area is 111 Å². The first kappa shape index (κ1) is 13.7. The maximum absolute atomic E-state index is 4.74. The molecule has 0 bridgehead atoms. The Hall–Kier alpha value is -0.770. The molecule has 0 spiro atoms. The molecular weight excluding hydrogens is 224 g/mol. The van der Waals surface area contributed by atoms with Gasteiger partial charge in [-0.2, -0.15) is 0 Å². The van der Waals surface area contributed by atoms with Crippen LogP contribution in [0.5, 0.6) is 0 Å². The second-order valence-corrected chi connectivity index (χ2v) is 5.81. The molecule has 0 aromatic rings. The Balaban J connectivity index is 1.74. The first-order valence-corrected chi connectivity index (χ1v) is 7.48. The largest absolute Gasteiger partial charge is 0.357 e. The van der Waals surface area contributed by atoms with Gasteiger partial charge >= 0.3 is 0 Å². The predicted octanol–water partition coefficient (Wildman–Crippen LogP) is 1.29. The normalized spacial score (nSPS) is 26.1. The van der Waals surface area contributed by atoms with Gasteiger partial charge in [0.15, 0.2) is 5.96 Å². The Morgan fingerprint density at radius 1 is 1.22 bits per heavy atom. The lowest BCUT2D eigenvalue weighted by Gasteiger charge is -2.28. The van der Waals surface area contributed by atoms with Crippen LogP contribution >= 0.6 is 0 Å². The van der Waals surface area contributed by atoms with E-state index in [1.807, 2.05) is 0 Å². The molecule has 2 N–H and O–H groups in total. The zero-order valence-corrected chi connectivity index (χ0v) is 11.9. The molecule has 0 amide bonds. The minimum atomic E-state index is 0.736. The predicted molar refractivity (Wildman–Crippen MR) is 76.9 cm³/mol. The van der Waals surface area contributed by atoms with Gasteiger partial charge in [-0.3, -0.25) is 4.99 Å². The molecule has 1 saturated heterocycles. The van der Waals surface area contributed by atoms with E-state index in [4.69, 9.17) is 4.99 Å². The third kappa shape index (κ3) is 4.84. The van der Waals surface area contributed by atoms with Crippen LogP contribution in [0.25, 0.3) is 0 Å². The van der Waals surface area contributed by atoms with Crippen molar-refractivity contribution in [2.24, 2.45) is 16.8 Å². The Morgan fingerprint density at radius 2 is 2.06 bits per heavy atom. The van der Waals surface area contributed by atoms with E-state index in [0.717, 1.165) is 37.4 Å². The van der Waals surface area contributed by atoms with Crippen LogP contribution < -0.4 is 10.6 Å². The Kier molecular flexibility index (Phi) is 5.29. The van der Waals surface area contributed by atoms with Gasteiger partial charge in [-0.15, -0.1) is 0 Å². The van der Waals surface area contributed by atoms with Crippen molar-refractivity contribution in [1.82, 2.24) is 15.5 Å². The molecule has 1 aliphatic heterocycles. The van der Waals surface area contributed by atoms with Crippen molar-refractivity contribution in [3.05, 3.63) is 0 Å². The van der Waals surface area contributed by atoms with Crippen LogP contribution in [0.2, 0.25) is 0 Å². The lowest BCUT2D eigenvalue weighted by atomic mass is 9.99. The lowest BCUT2D eigenvalue weighted by molar-refractivity contribution is 0.214. The number of hydrogen-bond donors (Lipinski definition) is 2. The highest BCUT2D eigenvalue weighted by molar-refractivity contribution is 5.79. The molecule has 104 valence electrons. The van der Waals surface area contributed by atoms with Crippen molar-refractivity contribution >= 4 is 5.96 Å². The minimum absolute atomic E-state index is 0.736. The Bertz CT molecular complexity index is 273. The van der Waals surface area contributed by atoms with Crippen molar-refractivity contribution in [1.29, 1.82) is 0 Å². The van der Waals surface area contributed by atoms with Crippen LogP contribution in [0.3, 0.4) is 0 Å². The molecule has 1 unspecified atom stereocenters. The smallest absolute Gasteiger partial charge is 0.191 e. The standard InChI is InChI=1S/C14H28N4/c1-3-15-14(16-9-12-6-7-12)17-10-13-5-4-8-18(2)11-13/h12-13H,3-11H2,1-2H3,(H2,15,16,17). The SMILES string of the molecule is CCNC(=NCC1CCCN(C)C1)NCC1CC1. The van der Waals surface area contributed by atoms with E-state index < -0.39 is 0 Å². The summed E-state index contributed by atoms with van der Waals surface area (Å²) in [6.07, 6.45) is 5.43. The van der Waals surface area contributed by atoms with Crippen LogP contribution in [-0.4, -0.2) is 50.6 Å². The van der Waals surface area contributed by atoms with Gasteiger partial charge in [0.25, 0.3) is 0 Å². The second kappa shape index (κ2) is 6.98. The maximum atomic E-state index is 4.74. The Morgan fingerprint density at radius 3 is 2.72 bits per heavy atom. The second-order valence-electron chi connectivity index (χ2n) is 5.81. The fraction of sp³-hybridized carbons (Fsp3) is 0.929. The molecule has 0 aromatic carbocycles. The molecule has 1 heterocycles. The molecular formula is C14H28N4. The zero-order chi connectivity index (χ0) is 12.8. The summed E-state index contributed by atoms with van der Waals surface area (Å²) >= 11 is 0. The summed E-state index contributed by atoms with van der Waals surface area (Å²) in [5, 5.41) is 6.80. The van der Waals surface area contributed by atoms with Crippen LogP contribution in [-0.2, 0) is 0 Å². The summed E-state index contributed by atoms with van der Waals surface area (Å²) in [6.45, 7) is 7.58. The van der Waals surface area contributed by atoms with Gasteiger partial charge in [-0.25, -0.2) is 0 Å². The molecule has 4 nitrogen and oxygen atoms in total. The highest BCUT2D eigenvalue weighted by Gasteiger charge is 2.21. The van der Waals surface area contributed by atoms with Crippen LogP contribution in [0.1, 0.15) is 32.6 Å². The van der Waals surface area contributed by atoms with Crippen molar-refractivity contribution in [2.45, 2.75) is 32.6 Å². The molecule has 4 heteroatoms. The molecule has 2 aliphatic rings. The first-order chi connectivity index (χ1) is 8.78.